The lowest BCUT2D eigenvalue weighted by Gasteiger charge is -2.10. The molecule has 0 saturated carbocycles. The number of rotatable bonds is 4. The molecule has 0 aliphatic carbocycles. The van der Waals surface area contributed by atoms with Gasteiger partial charge in [-0.2, -0.15) is 5.10 Å². The van der Waals surface area contributed by atoms with E-state index in [-0.39, 0.29) is 0 Å². The van der Waals surface area contributed by atoms with Crippen molar-refractivity contribution >= 4 is 0 Å². The van der Waals surface area contributed by atoms with Crippen LogP contribution in [0.25, 0.3) is 11.3 Å². The van der Waals surface area contributed by atoms with E-state index in [0.717, 1.165) is 23.6 Å². The molecule has 0 bridgehead atoms. The second-order valence-corrected chi connectivity index (χ2v) is 4.74. The second-order valence-electron chi connectivity index (χ2n) is 4.74. The maximum absolute atomic E-state index is 5.35. The molecule has 19 heavy (non-hydrogen) atoms. The molecule has 0 amide bonds. The molecule has 0 aliphatic rings. The lowest BCUT2D eigenvalue weighted by atomic mass is 10.00. The molecule has 0 fully saturated rings. The molecule has 0 radical (unpaired) electrons. The fourth-order valence-corrected chi connectivity index (χ4v) is 2.28. The van der Waals surface area contributed by atoms with Gasteiger partial charge in [0.2, 0.25) is 0 Å². The molecular weight excluding hydrogens is 238 g/mol. The van der Waals surface area contributed by atoms with Gasteiger partial charge in [0.25, 0.3) is 0 Å². The van der Waals surface area contributed by atoms with Crippen LogP contribution in [0.5, 0.6) is 5.75 Å². The van der Waals surface area contributed by atoms with E-state index in [1.165, 1.54) is 16.8 Å². The largest absolute Gasteiger partial charge is 0.496 e. The number of nitrogens with one attached hydrogen (secondary N) is 1. The quantitative estimate of drug-likeness (QED) is 0.916. The normalized spacial score (nSPS) is 10.8. The van der Waals surface area contributed by atoms with Crippen LogP contribution in [-0.2, 0) is 13.6 Å². The number of hydrogen-bond acceptors (Lipinski definition) is 3. The van der Waals surface area contributed by atoms with E-state index in [1.807, 2.05) is 24.8 Å². The number of aromatic nitrogens is 2. The fraction of sp³-hybridized carbons (Fsp3) is 0.400. The van der Waals surface area contributed by atoms with Gasteiger partial charge in [-0.05, 0) is 50.2 Å². The molecule has 1 aromatic heterocycles. The fourth-order valence-electron chi connectivity index (χ4n) is 2.28. The third-order valence-corrected chi connectivity index (χ3v) is 3.57. The standard InChI is InChI=1S/C15H21N3O/c1-10-11(2)15(19-5)7-6-13(10)14-8-12(9-16-3)18(4)17-14/h6-8,16H,9H2,1-5H3. The topological polar surface area (TPSA) is 39.1 Å². The first kappa shape index (κ1) is 13.6. The van der Waals surface area contributed by atoms with E-state index in [1.54, 1.807) is 7.11 Å². The third-order valence-electron chi connectivity index (χ3n) is 3.57. The van der Waals surface area contributed by atoms with E-state index in [9.17, 15) is 0 Å². The summed E-state index contributed by atoms with van der Waals surface area (Å²) < 4.78 is 7.27. The highest BCUT2D eigenvalue weighted by Crippen LogP contribution is 2.30. The minimum Gasteiger partial charge on any atom is -0.496 e. The smallest absolute Gasteiger partial charge is 0.122 e. The van der Waals surface area contributed by atoms with E-state index >= 15 is 0 Å². The first-order chi connectivity index (χ1) is 9.08. The van der Waals surface area contributed by atoms with Crippen molar-refractivity contribution in [1.29, 1.82) is 0 Å². The summed E-state index contributed by atoms with van der Waals surface area (Å²) in [6.45, 7) is 5.01. The summed E-state index contributed by atoms with van der Waals surface area (Å²) in [5.41, 5.74) is 5.73. The molecule has 0 aliphatic heterocycles. The maximum atomic E-state index is 5.35. The van der Waals surface area contributed by atoms with Crippen molar-refractivity contribution < 1.29 is 4.74 Å². The predicted octanol–water partition coefficient (Wildman–Crippen LogP) is 2.43. The Labute approximate surface area is 114 Å². The van der Waals surface area contributed by atoms with Gasteiger partial charge in [0, 0.05) is 19.2 Å². The summed E-state index contributed by atoms with van der Waals surface area (Å²) in [6, 6.07) is 6.21. The van der Waals surface area contributed by atoms with Crippen molar-refractivity contribution in [2.75, 3.05) is 14.2 Å². The summed E-state index contributed by atoms with van der Waals surface area (Å²) in [5.74, 6) is 0.924. The molecular formula is C15H21N3O. The van der Waals surface area contributed by atoms with E-state index in [4.69, 9.17) is 4.74 Å². The van der Waals surface area contributed by atoms with Gasteiger partial charge in [-0.3, -0.25) is 4.68 Å². The van der Waals surface area contributed by atoms with Crippen molar-refractivity contribution in [2.45, 2.75) is 20.4 Å². The molecule has 1 heterocycles. The molecule has 0 spiro atoms. The van der Waals surface area contributed by atoms with Crippen molar-refractivity contribution in [2.24, 2.45) is 7.05 Å². The lowest BCUT2D eigenvalue weighted by Crippen LogP contribution is -2.09. The molecule has 102 valence electrons. The zero-order valence-corrected chi connectivity index (χ0v) is 12.2. The number of ether oxygens (including phenoxy) is 1. The van der Waals surface area contributed by atoms with Crippen LogP contribution in [0.15, 0.2) is 18.2 Å². The van der Waals surface area contributed by atoms with Crippen LogP contribution in [0.3, 0.4) is 0 Å². The highest BCUT2D eigenvalue weighted by molar-refractivity contribution is 5.67. The van der Waals surface area contributed by atoms with E-state index in [2.05, 4.69) is 36.4 Å². The Hall–Kier alpha value is -1.81. The van der Waals surface area contributed by atoms with Gasteiger partial charge in [0.05, 0.1) is 18.5 Å². The number of nitrogens with zero attached hydrogens (tertiary/aromatic N) is 2. The summed E-state index contributed by atoms with van der Waals surface area (Å²) in [4.78, 5) is 0. The Bertz CT molecular complexity index is 587. The monoisotopic (exact) mass is 259 g/mol. The highest BCUT2D eigenvalue weighted by Gasteiger charge is 2.12. The van der Waals surface area contributed by atoms with Gasteiger partial charge in [-0.25, -0.2) is 0 Å². The third kappa shape index (κ3) is 2.49. The Balaban J connectivity index is 2.47. The van der Waals surface area contributed by atoms with Gasteiger partial charge < -0.3 is 10.1 Å². The molecule has 0 unspecified atom stereocenters. The van der Waals surface area contributed by atoms with Gasteiger partial charge in [0.1, 0.15) is 5.75 Å². The Morgan fingerprint density at radius 2 is 2.00 bits per heavy atom. The number of aryl methyl sites for hydroxylation is 1. The van der Waals surface area contributed by atoms with E-state index < -0.39 is 0 Å². The first-order valence-electron chi connectivity index (χ1n) is 6.40. The minimum absolute atomic E-state index is 0.817. The van der Waals surface area contributed by atoms with Crippen LogP contribution in [0.2, 0.25) is 0 Å². The molecule has 1 aromatic carbocycles. The van der Waals surface area contributed by atoms with Crippen LogP contribution < -0.4 is 10.1 Å². The SMILES string of the molecule is CNCc1cc(-c2ccc(OC)c(C)c2C)nn1C. The Morgan fingerprint density at radius 1 is 1.26 bits per heavy atom. The van der Waals surface area contributed by atoms with Crippen LogP contribution in [0.1, 0.15) is 16.8 Å². The lowest BCUT2D eigenvalue weighted by molar-refractivity contribution is 0.411. The second kappa shape index (κ2) is 5.45. The van der Waals surface area contributed by atoms with Gasteiger partial charge in [-0.15, -0.1) is 0 Å². The maximum Gasteiger partial charge on any atom is 0.122 e. The zero-order valence-electron chi connectivity index (χ0n) is 12.2. The van der Waals surface area contributed by atoms with E-state index in [0.29, 0.717) is 0 Å². The minimum atomic E-state index is 0.817. The molecule has 4 heteroatoms. The van der Waals surface area contributed by atoms with Crippen LogP contribution in [-0.4, -0.2) is 23.9 Å². The van der Waals surface area contributed by atoms with Crippen LogP contribution >= 0.6 is 0 Å². The number of hydrogen-bond donors (Lipinski definition) is 1. The molecule has 2 aromatic rings. The summed E-state index contributed by atoms with van der Waals surface area (Å²) in [6.07, 6.45) is 0. The molecule has 0 atom stereocenters. The molecule has 1 N–H and O–H groups in total. The van der Waals surface area contributed by atoms with Crippen LogP contribution in [0, 0.1) is 13.8 Å². The average molecular weight is 259 g/mol. The first-order valence-corrected chi connectivity index (χ1v) is 6.40. The zero-order chi connectivity index (χ0) is 14.0. The highest BCUT2D eigenvalue weighted by atomic mass is 16.5. The van der Waals surface area contributed by atoms with Crippen molar-refractivity contribution in [1.82, 2.24) is 15.1 Å². The molecule has 0 saturated heterocycles. The van der Waals surface area contributed by atoms with Gasteiger partial charge in [0.15, 0.2) is 0 Å². The number of benzene rings is 1. The van der Waals surface area contributed by atoms with Crippen molar-refractivity contribution in [3.8, 4) is 17.0 Å². The summed E-state index contributed by atoms with van der Waals surface area (Å²) in [7, 11) is 5.62. The van der Waals surface area contributed by atoms with Gasteiger partial charge >= 0.3 is 0 Å². The molecule has 4 nitrogen and oxygen atoms in total. The van der Waals surface area contributed by atoms with Crippen molar-refractivity contribution in [3.05, 3.63) is 35.0 Å². The molecule has 2 rings (SSSR count). The summed E-state index contributed by atoms with van der Waals surface area (Å²) in [5, 5.41) is 7.75. The average Bonchev–Trinajstić information content (AvgIpc) is 2.74. The van der Waals surface area contributed by atoms with Gasteiger partial charge in [-0.1, -0.05) is 0 Å². The Morgan fingerprint density at radius 3 is 2.63 bits per heavy atom. The predicted molar refractivity (Wildman–Crippen MR) is 77.4 cm³/mol. The van der Waals surface area contributed by atoms with Crippen molar-refractivity contribution in [3.63, 3.8) is 0 Å². The van der Waals surface area contributed by atoms with Crippen LogP contribution in [0.4, 0.5) is 0 Å². The number of methoxy groups -OCH3 is 1. The summed E-state index contributed by atoms with van der Waals surface area (Å²) >= 11 is 0. The Kier molecular flexibility index (Phi) is 3.90.